The van der Waals surface area contributed by atoms with Gasteiger partial charge in [0.2, 0.25) is 0 Å². The topological polar surface area (TPSA) is 68.0 Å². The highest BCUT2D eigenvalue weighted by atomic mass is 35.5. The second kappa shape index (κ2) is 5.24. The van der Waals surface area contributed by atoms with E-state index in [-0.39, 0.29) is 10.6 Å². The van der Waals surface area contributed by atoms with Crippen LogP contribution in [0.3, 0.4) is 0 Å². The van der Waals surface area contributed by atoms with E-state index in [0.717, 1.165) is 11.6 Å². The molecule has 0 fully saturated rings. The Morgan fingerprint density at radius 3 is 2.79 bits per heavy atom. The van der Waals surface area contributed by atoms with Gasteiger partial charge in [0.15, 0.2) is 0 Å². The first kappa shape index (κ1) is 13.3. The van der Waals surface area contributed by atoms with E-state index in [9.17, 15) is 9.18 Å². The SMILES string of the molecule is Cc1cc(NC(=O)c2ccc(Cl)c(F)c2)ncc1N. The van der Waals surface area contributed by atoms with E-state index < -0.39 is 11.7 Å². The molecule has 0 bridgehead atoms. The van der Waals surface area contributed by atoms with Gasteiger partial charge in [0.25, 0.3) is 5.91 Å². The number of benzene rings is 1. The summed E-state index contributed by atoms with van der Waals surface area (Å²) < 4.78 is 13.3. The second-order valence-corrected chi connectivity index (χ2v) is 4.42. The van der Waals surface area contributed by atoms with E-state index in [1.807, 2.05) is 0 Å². The molecule has 98 valence electrons. The number of pyridine rings is 1. The number of amides is 1. The number of rotatable bonds is 2. The Morgan fingerprint density at radius 1 is 1.42 bits per heavy atom. The molecular formula is C13H11ClFN3O. The summed E-state index contributed by atoms with van der Waals surface area (Å²) in [7, 11) is 0. The summed E-state index contributed by atoms with van der Waals surface area (Å²) >= 11 is 5.55. The smallest absolute Gasteiger partial charge is 0.256 e. The van der Waals surface area contributed by atoms with Gasteiger partial charge in [-0.05, 0) is 36.8 Å². The summed E-state index contributed by atoms with van der Waals surface area (Å²) in [6.45, 7) is 1.80. The van der Waals surface area contributed by atoms with Crippen LogP contribution in [0.2, 0.25) is 5.02 Å². The molecule has 0 aliphatic carbocycles. The van der Waals surface area contributed by atoms with E-state index in [1.165, 1.54) is 18.3 Å². The van der Waals surface area contributed by atoms with Crippen molar-refractivity contribution in [2.75, 3.05) is 11.1 Å². The minimum Gasteiger partial charge on any atom is -0.397 e. The number of hydrogen-bond acceptors (Lipinski definition) is 3. The van der Waals surface area contributed by atoms with Crippen LogP contribution < -0.4 is 11.1 Å². The van der Waals surface area contributed by atoms with Gasteiger partial charge in [-0.3, -0.25) is 4.79 Å². The maximum absolute atomic E-state index is 13.3. The molecule has 0 aliphatic heterocycles. The minimum absolute atomic E-state index is 0.0296. The highest BCUT2D eigenvalue weighted by Gasteiger charge is 2.10. The summed E-state index contributed by atoms with van der Waals surface area (Å²) in [6.07, 6.45) is 1.45. The van der Waals surface area contributed by atoms with Gasteiger partial charge in [0.05, 0.1) is 16.9 Å². The van der Waals surface area contributed by atoms with E-state index in [2.05, 4.69) is 10.3 Å². The number of nitrogen functional groups attached to an aromatic ring is 1. The van der Waals surface area contributed by atoms with Crippen molar-refractivity contribution in [3.8, 4) is 0 Å². The zero-order valence-corrected chi connectivity index (χ0v) is 10.8. The van der Waals surface area contributed by atoms with Crippen LogP contribution in [0.15, 0.2) is 30.5 Å². The molecule has 0 radical (unpaired) electrons. The van der Waals surface area contributed by atoms with E-state index >= 15 is 0 Å². The molecule has 6 heteroatoms. The predicted octanol–water partition coefficient (Wildman–Crippen LogP) is 3.02. The van der Waals surface area contributed by atoms with Gasteiger partial charge in [-0.2, -0.15) is 0 Å². The molecule has 4 nitrogen and oxygen atoms in total. The molecular weight excluding hydrogens is 269 g/mol. The highest BCUT2D eigenvalue weighted by Crippen LogP contribution is 2.17. The lowest BCUT2D eigenvalue weighted by Crippen LogP contribution is -2.13. The van der Waals surface area contributed by atoms with Crippen molar-refractivity contribution in [1.29, 1.82) is 0 Å². The summed E-state index contributed by atoms with van der Waals surface area (Å²) in [5, 5.41) is 2.53. The number of anilines is 2. The zero-order chi connectivity index (χ0) is 14.0. The molecule has 0 atom stereocenters. The van der Waals surface area contributed by atoms with E-state index in [0.29, 0.717) is 11.5 Å². The number of halogens is 2. The third-order valence-electron chi connectivity index (χ3n) is 2.57. The third-order valence-corrected chi connectivity index (χ3v) is 2.88. The van der Waals surface area contributed by atoms with Crippen LogP contribution in [0.25, 0.3) is 0 Å². The fourth-order valence-electron chi connectivity index (χ4n) is 1.46. The molecule has 1 aromatic heterocycles. The summed E-state index contributed by atoms with van der Waals surface area (Å²) in [4.78, 5) is 15.8. The van der Waals surface area contributed by atoms with Gasteiger partial charge < -0.3 is 11.1 Å². The van der Waals surface area contributed by atoms with Gasteiger partial charge in [0.1, 0.15) is 11.6 Å². The lowest BCUT2D eigenvalue weighted by atomic mass is 10.2. The zero-order valence-electron chi connectivity index (χ0n) is 10.1. The third kappa shape index (κ3) is 3.00. The Hall–Kier alpha value is -2.14. The maximum atomic E-state index is 13.3. The van der Waals surface area contributed by atoms with Gasteiger partial charge in [0, 0.05) is 5.56 Å². The Balaban J connectivity index is 2.20. The number of nitrogens with two attached hydrogens (primary N) is 1. The average molecular weight is 280 g/mol. The summed E-state index contributed by atoms with van der Waals surface area (Å²) in [5.74, 6) is -0.755. The van der Waals surface area contributed by atoms with Gasteiger partial charge in [-0.15, -0.1) is 0 Å². The van der Waals surface area contributed by atoms with E-state index in [1.54, 1.807) is 13.0 Å². The standard InChI is InChI=1S/C13H11ClFN3O/c1-7-4-12(17-6-11(7)16)18-13(19)8-2-3-9(14)10(15)5-8/h2-6H,16H2,1H3,(H,17,18,19). The van der Waals surface area contributed by atoms with Crippen LogP contribution >= 0.6 is 11.6 Å². The molecule has 19 heavy (non-hydrogen) atoms. The molecule has 3 N–H and O–H groups in total. The average Bonchev–Trinajstić information content (AvgIpc) is 2.37. The molecule has 1 heterocycles. The van der Waals surface area contributed by atoms with Gasteiger partial charge in [-0.25, -0.2) is 9.37 Å². The Labute approximate surface area is 114 Å². The molecule has 0 unspecified atom stereocenters. The number of carbonyl (C=O) groups is 1. The van der Waals surface area contributed by atoms with Crippen LogP contribution in [0, 0.1) is 12.7 Å². The summed E-state index contributed by atoms with van der Waals surface area (Å²) in [5.41, 5.74) is 7.13. The fraction of sp³-hybridized carbons (Fsp3) is 0.0769. The fourth-order valence-corrected chi connectivity index (χ4v) is 1.58. The van der Waals surface area contributed by atoms with Crippen molar-refractivity contribution < 1.29 is 9.18 Å². The van der Waals surface area contributed by atoms with Crippen molar-refractivity contribution >= 4 is 29.0 Å². The first-order valence-electron chi connectivity index (χ1n) is 5.46. The molecule has 1 amide bonds. The van der Waals surface area contributed by atoms with Crippen molar-refractivity contribution in [3.05, 3.63) is 52.4 Å². The second-order valence-electron chi connectivity index (χ2n) is 4.01. The number of aromatic nitrogens is 1. The number of nitrogens with one attached hydrogen (secondary N) is 1. The van der Waals surface area contributed by atoms with Crippen LogP contribution in [0.1, 0.15) is 15.9 Å². The number of nitrogens with zero attached hydrogens (tertiary/aromatic N) is 1. The monoisotopic (exact) mass is 279 g/mol. The summed E-state index contributed by atoms with van der Waals surface area (Å²) in [6, 6.07) is 5.47. The Kier molecular flexibility index (Phi) is 3.66. The Morgan fingerprint density at radius 2 is 2.16 bits per heavy atom. The quantitative estimate of drug-likeness (QED) is 0.888. The van der Waals surface area contributed by atoms with Crippen LogP contribution in [-0.2, 0) is 0 Å². The van der Waals surface area contributed by atoms with Crippen LogP contribution in [0.4, 0.5) is 15.9 Å². The number of aryl methyl sites for hydroxylation is 1. The van der Waals surface area contributed by atoms with Gasteiger partial charge >= 0.3 is 0 Å². The Bertz CT molecular complexity index is 646. The van der Waals surface area contributed by atoms with Gasteiger partial charge in [-0.1, -0.05) is 11.6 Å². The number of carbonyl (C=O) groups excluding carboxylic acids is 1. The van der Waals surface area contributed by atoms with Crippen molar-refractivity contribution in [2.45, 2.75) is 6.92 Å². The first-order valence-corrected chi connectivity index (χ1v) is 5.83. The van der Waals surface area contributed by atoms with E-state index in [4.69, 9.17) is 17.3 Å². The highest BCUT2D eigenvalue weighted by molar-refractivity contribution is 6.30. The molecule has 0 saturated carbocycles. The minimum atomic E-state index is -0.643. The molecule has 2 rings (SSSR count). The van der Waals surface area contributed by atoms with Crippen molar-refractivity contribution in [1.82, 2.24) is 4.98 Å². The molecule has 0 saturated heterocycles. The molecule has 0 aliphatic rings. The first-order chi connectivity index (χ1) is 8.97. The normalized spacial score (nSPS) is 10.3. The molecule has 1 aromatic carbocycles. The lowest BCUT2D eigenvalue weighted by molar-refractivity contribution is 0.102. The van der Waals surface area contributed by atoms with Crippen molar-refractivity contribution in [2.24, 2.45) is 0 Å². The molecule has 2 aromatic rings. The number of hydrogen-bond donors (Lipinski definition) is 2. The lowest BCUT2D eigenvalue weighted by Gasteiger charge is -2.07. The largest absolute Gasteiger partial charge is 0.397 e. The predicted molar refractivity (Wildman–Crippen MR) is 72.7 cm³/mol. The molecule has 0 spiro atoms. The van der Waals surface area contributed by atoms with Crippen LogP contribution in [-0.4, -0.2) is 10.9 Å². The van der Waals surface area contributed by atoms with Crippen LogP contribution in [0.5, 0.6) is 0 Å². The van der Waals surface area contributed by atoms with Crippen molar-refractivity contribution in [3.63, 3.8) is 0 Å². The maximum Gasteiger partial charge on any atom is 0.256 e.